The fourth-order valence-electron chi connectivity index (χ4n) is 4.33. The Morgan fingerprint density at radius 1 is 1.15 bits per heavy atom. The molecule has 0 saturated carbocycles. The molecule has 182 valence electrons. The molecule has 1 amide bonds. The maximum absolute atomic E-state index is 13.1. The van der Waals surface area contributed by atoms with Gasteiger partial charge in [0.1, 0.15) is 0 Å². The zero-order chi connectivity index (χ0) is 24.2. The highest BCUT2D eigenvalue weighted by molar-refractivity contribution is 8.16. The van der Waals surface area contributed by atoms with E-state index < -0.39 is 12.0 Å². The molecule has 10 heteroatoms. The van der Waals surface area contributed by atoms with Crippen LogP contribution in [0, 0.1) is 0 Å². The number of hydrogen-bond donors (Lipinski definition) is 0. The van der Waals surface area contributed by atoms with Crippen LogP contribution in [0.1, 0.15) is 31.4 Å². The van der Waals surface area contributed by atoms with E-state index in [0.717, 1.165) is 16.4 Å². The van der Waals surface area contributed by atoms with Gasteiger partial charge in [0.15, 0.2) is 16.7 Å². The molecule has 1 saturated heterocycles. The van der Waals surface area contributed by atoms with Crippen LogP contribution in [0.4, 0.5) is 0 Å². The minimum atomic E-state index is -0.520. The number of rotatable bonds is 7. The first-order chi connectivity index (χ1) is 16.5. The second-order valence-electron chi connectivity index (χ2n) is 7.88. The van der Waals surface area contributed by atoms with Crippen molar-refractivity contribution in [3.63, 3.8) is 0 Å². The summed E-state index contributed by atoms with van der Waals surface area (Å²) in [4.78, 5) is 34.6. The minimum Gasteiger partial charge on any atom is -0.493 e. The van der Waals surface area contributed by atoms with Crippen molar-refractivity contribution in [2.75, 3.05) is 47.6 Å². The second-order valence-corrected chi connectivity index (χ2v) is 8.72. The molecule has 0 aromatic heterocycles. The van der Waals surface area contributed by atoms with Gasteiger partial charge in [0.2, 0.25) is 5.91 Å². The van der Waals surface area contributed by atoms with E-state index in [2.05, 4.69) is 0 Å². The van der Waals surface area contributed by atoms with Crippen molar-refractivity contribution in [1.82, 2.24) is 9.80 Å². The van der Waals surface area contributed by atoms with Gasteiger partial charge < -0.3 is 28.7 Å². The number of amidine groups is 1. The van der Waals surface area contributed by atoms with Gasteiger partial charge in [0.05, 0.1) is 58.3 Å². The van der Waals surface area contributed by atoms with Gasteiger partial charge in [-0.2, -0.15) is 0 Å². The van der Waals surface area contributed by atoms with E-state index in [1.54, 1.807) is 14.2 Å². The van der Waals surface area contributed by atoms with E-state index in [4.69, 9.17) is 23.9 Å². The van der Waals surface area contributed by atoms with E-state index in [1.165, 1.54) is 18.9 Å². The van der Waals surface area contributed by atoms with Gasteiger partial charge in [0.25, 0.3) is 0 Å². The molecule has 1 aromatic carbocycles. The summed E-state index contributed by atoms with van der Waals surface area (Å²) in [6.45, 7) is 4.19. The van der Waals surface area contributed by atoms with Crippen LogP contribution in [-0.4, -0.2) is 74.5 Å². The number of hydrogen-bond acceptors (Lipinski definition) is 9. The smallest absolute Gasteiger partial charge is 0.338 e. The molecular formula is C24H29N3O6S. The average Bonchev–Trinajstić information content (AvgIpc) is 3.29. The van der Waals surface area contributed by atoms with Crippen LogP contribution in [0.25, 0.3) is 0 Å². The highest BCUT2D eigenvalue weighted by atomic mass is 32.2. The van der Waals surface area contributed by atoms with Crippen molar-refractivity contribution in [2.24, 2.45) is 4.99 Å². The number of morpholine rings is 1. The molecule has 1 aromatic rings. The molecule has 9 nitrogen and oxygen atoms in total. The van der Waals surface area contributed by atoms with E-state index in [1.807, 2.05) is 40.3 Å². The van der Waals surface area contributed by atoms with Gasteiger partial charge in [-0.15, -0.1) is 0 Å². The van der Waals surface area contributed by atoms with Gasteiger partial charge >= 0.3 is 5.97 Å². The second kappa shape index (κ2) is 10.5. The van der Waals surface area contributed by atoms with E-state index in [9.17, 15) is 9.59 Å². The Balaban J connectivity index is 1.76. The molecule has 34 heavy (non-hydrogen) atoms. The summed E-state index contributed by atoms with van der Waals surface area (Å²) < 4.78 is 21.5. The van der Waals surface area contributed by atoms with E-state index in [-0.39, 0.29) is 12.3 Å². The fourth-order valence-corrected chi connectivity index (χ4v) is 5.27. The van der Waals surface area contributed by atoms with Crippen LogP contribution < -0.4 is 9.47 Å². The van der Waals surface area contributed by atoms with Crippen molar-refractivity contribution < 1.29 is 28.5 Å². The molecule has 1 atom stereocenters. The molecule has 3 heterocycles. The Labute approximate surface area is 203 Å². The van der Waals surface area contributed by atoms with Crippen molar-refractivity contribution >= 4 is 28.8 Å². The molecule has 0 aliphatic carbocycles. The minimum absolute atomic E-state index is 0.0207. The van der Waals surface area contributed by atoms with Crippen LogP contribution in [0.15, 0.2) is 45.6 Å². The number of esters is 1. The number of carbonyl (C=O) groups is 2. The average molecular weight is 488 g/mol. The number of carbonyl (C=O) groups excluding carboxylic acids is 2. The molecule has 4 rings (SSSR count). The first-order valence-electron chi connectivity index (χ1n) is 11.1. The lowest BCUT2D eigenvalue weighted by molar-refractivity contribution is -0.136. The van der Waals surface area contributed by atoms with Crippen molar-refractivity contribution in [3.05, 3.63) is 46.1 Å². The number of methoxy groups -OCH3 is 3. The van der Waals surface area contributed by atoms with Crippen LogP contribution in [0.2, 0.25) is 0 Å². The number of benzene rings is 1. The highest BCUT2D eigenvalue weighted by Crippen LogP contribution is 2.46. The molecule has 0 spiro atoms. The Bertz CT molecular complexity index is 1060. The molecule has 3 aliphatic heterocycles. The van der Waals surface area contributed by atoms with E-state index >= 15 is 0 Å². The van der Waals surface area contributed by atoms with Crippen LogP contribution >= 0.6 is 11.8 Å². The summed E-state index contributed by atoms with van der Waals surface area (Å²) in [5, 5.41) is 2.67. The summed E-state index contributed by atoms with van der Waals surface area (Å²) in [5.41, 5.74) is 2.72. The number of aliphatic imine (C=N–C) groups is 1. The summed E-state index contributed by atoms with van der Waals surface area (Å²) in [6, 6.07) is 5.04. The van der Waals surface area contributed by atoms with Crippen LogP contribution in [0.3, 0.4) is 0 Å². The van der Waals surface area contributed by atoms with Crippen molar-refractivity contribution in [3.8, 4) is 11.5 Å². The first kappa shape index (κ1) is 24.2. The summed E-state index contributed by atoms with van der Waals surface area (Å²) in [7, 11) is 4.51. The molecule has 1 fully saturated rings. The molecule has 3 aliphatic rings. The maximum Gasteiger partial charge on any atom is 0.338 e. The summed E-state index contributed by atoms with van der Waals surface area (Å²) in [6.07, 6.45) is 0.764. The monoisotopic (exact) mass is 487 g/mol. The molecule has 0 N–H and O–H groups in total. The summed E-state index contributed by atoms with van der Waals surface area (Å²) in [5.74, 6) is 0.708. The predicted octanol–water partition coefficient (Wildman–Crippen LogP) is 3.09. The Morgan fingerprint density at radius 2 is 1.88 bits per heavy atom. The highest BCUT2D eigenvalue weighted by Gasteiger charge is 2.42. The lowest BCUT2D eigenvalue weighted by Crippen LogP contribution is -2.42. The Hall–Kier alpha value is -2.98. The van der Waals surface area contributed by atoms with Crippen LogP contribution in [0.5, 0.6) is 11.5 Å². The number of allylic oxidation sites excluding steroid dienone is 1. The van der Waals surface area contributed by atoms with Crippen molar-refractivity contribution in [1.29, 1.82) is 0 Å². The van der Waals surface area contributed by atoms with Gasteiger partial charge in [-0.05, 0) is 29.5 Å². The number of amides is 1. The Kier molecular flexibility index (Phi) is 7.47. The van der Waals surface area contributed by atoms with Crippen molar-refractivity contribution in [2.45, 2.75) is 25.8 Å². The van der Waals surface area contributed by atoms with Gasteiger partial charge in [-0.25, -0.2) is 9.79 Å². The molecule has 1 unspecified atom stereocenters. The maximum atomic E-state index is 13.1. The summed E-state index contributed by atoms with van der Waals surface area (Å²) >= 11 is 1.46. The quantitative estimate of drug-likeness (QED) is 0.542. The molecular weight excluding hydrogens is 458 g/mol. The third kappa shape index (κ3) is 4.52. The molecule has 0 bridgehead atoms. The number of fused-ring (bicyclic) bond motifs is 1. The fraction of sp³-hybridized carbons (Fsp3) is 0.458. The van der Waals surface area contributed by atoms with Gasteiger partial charge in [0, 0.05) is 18.8 Å². The largest absolute Gasteiger partial charge is 0.493 e. The SMILES string of the molecule is CCC1=C(C(=O)OC)C(c2ccc(OC)c(OC)c2)N2C(CC(=O)N3CCOCC3)=CSC2=N1. The topological polar surface area (TPSA) is 89.9 Å². The Morgan fingerprint density at radius 3 is 2.53 bits per heavy atom. The predicted molar refractivity (Wildman–Crippen MR) is 129 cm³/mol. The van der Waals surface area contributed by atoms with E-state index in [0.29, 0.717) is 55.5 Å². The number of ether oxygens (including phenoxy) is 4. The third-order valence-corrected chi connectivity index (χ3v) is 6.94. The first-order valence-corrected chi connectivity index (χ1v) is 12.0. The van der Waals surface area contributed by atoms with Gasteiger partial charge in [-0.1, -0.05) is 24.8 Å². The lowest BCUT2D eigenvalue weighted by atomic mass is 9.92. The number of thioether (sulfide) groups is 1. The lowest BCUT2D eigenvalue weighted by Gasteiger charge is -2.37. The third-order valence-electron chi connectivity index (χ3n) is 6.05. The molecule has 0 radical (unpaired) electrons. The number of nitrogens with zero attached hydrogens (tertiary/aromatic N) is 3. The zero-order valence-corrected chi connectivity index (χ0v) is 20.6. The van der Waals surface area contributed by atoms with Crippen LogP contribution in [-0.2, 0) is 19.1 Å². The standard InChI is InChI=1S/C24H29N3O6S/c1-5-17-21(23(29)32-4)22(15-6-7-18(30-2)19(12-15)31-3)27-16(14-34-24(27)25-17)13-20(28)26-8-10-33-11-9-26/h6-7,12,14,22H,5,8-11,13H2,1-4H3. The van der Waals surface area contributed by atoms with Gasteiger partial charge in [-0.3, -0.25) is 4.79 Å². The zero-order valence-electron chi connectivity index (χ0n) is 19.8. The normalized spacial score (nSPS) is 19.9.